The van der Waals surface area contributed by atoms with Crippen molar-refractivity contribution in [1.82, 2.24) is 14.8 Å². The first-order valence-corrected chi connectivity index (χ1v) is 10.4. The van der Waals surface area contributed by atoms with Crippen LogP contribution < -0.4 is 10.7 Å². The topological polar surface area (TPSA) is 103 Å². The standard InChI is InChI=1S/C21H15ClN4O4S/c1-2-30-20(29)12-6-7-15-17(10-12)31-21(23-15)24-19(28)18-16(27)8-9-26(25-18)14-5-3-4-13(22)11-14/h3-11H,2H2,1H3,(H,23,24,28). The lowest BCUT2D eigenvalue weighted by Gasteiger charge is -2.07. The number of thiazole rings is 1. The monoisotopic (exact) mass is 454 g/mol. The molecule has 0 saturated heterocycles. The fourth-order valence-corrected chi connectivity index (χ4v) is 3.89. The van der Waals surface area contributed by atoms with E-state index in [0.29, 0.717) is 26.5 Å². The number of carbonyl (C=O) groups is 2. The third-order valence-corrected chi connectivity index (χ3v) is 5.38. The van der Waals surface area contributed by atoms with E-state index in [0.717, 1.165) is 0 Å². The smallest absolute Gasteiger partial charge is 0.338 e. The lowest BCUT2D eigenvalue weighted by Crippen LogP contribution is -2.25. The number of amides is 1. The predicted octanol–water partition coefficient (Wildman–Crippen LogP) is 3.92. The Morgan fingerprint density at radius 1 is 1.19 bits per heavy atom. The molecule has 0 radical (unpaired) electrons. The Bertz CT molecular complexity index is 1370. The molecular formula is C21H15ClN4O4S. The first-order valence-electron chi connectivity index (χ1n) is 9.19. The minimum absolute atomic E-state index is 0.275. The van der Waals surface area contributed by atoms with Crippen LogP contribution in [0, 0.1) is 0 Å². The fraction of sp³-hybridized carbons (Fsp3) is 0.0952. The van der Waals surface area contributed by atoms with E-state index in [-0.39, 0.29) is 17.4 Å². The van der Waals surface area contributed by atoms with Crippen LogP contribution in [-0.4, -0.2) is 33.2 Å². The highest BCUT2D eigenvalue weighted by atomic mass is 35.5. The van der Waals surface area contributed by atoms with Crippen molar-refractivity contribution in [2.45, 2.75) is 6.92 Å². The summed E-state index contributed by atoms with van der Waals surface area (Å²) in [5.74, 6) is -1.12. The summed E-state index contributed by atoms with van der Waals surface area (Å²) in [6.07, 6.45) is 1.46. The van der Waals surface area contributed by atoms with Gasteiger partial charge in [-0.3, -0.25) is 14.9 Å². The maximum Gasteiger partial charge on any atom is 0.338 e. The van der Waals surface area contributed by atoms with Crippen molar-refractivity contribution in [2.75, 3.05) is 11.9 Å². The molecule has 0 atom stereocenters. The molecule has 8 nitrogen and oxygen atoms in total. The molecule has 2 heterocycles. The van der Waals surface area contributed by atoms with Crippen molar-refractivity contribution in [3.05, 3.63) is 81.2 Å². The van der Waals surface area contributed by atoms with Crippen molar-refractivity contribution in [2.24, 2.45) is 0 Å². The second-order valence-electron chi connectivity index (χ2n) is 6.33. The molecule has 4 aromatic rings. The van der Waals surface area contributed by atoms with E-state index in [1.165, 1.54) is 28.3 Å². The van der Waals surface area contributed by atoms with E-state index in [1.54, 1.807) is 49.4 Å². The maximum atomic E-state index is 12.7. The van der Waals surface area contributed by atoms with Gasteiger partial charge in [0.2, 0.25) is 5.43 Å². The van der Waals surface area contributed by atoms with Gasteiger partial charge in [-0.2, -0.15) is 5.10 Å². The number of anilines is 1. The molecule has 1 amide bonds. The number of hydrogen-bond donors (Lipinski definition) is 1. The molecule has 0 unspecified atom stereocenters. The van der Waals surface area contributed by atoms with Gasteiger partial charge in [-0.05, 0) is 43.3 Å². The number of halogens is 1. The summed E-state index contributed by atoms with van der Waals surface area (Å²) in [7, 11) is 0. The molecule has 0 spiro atoms. The summed E-state index contributed by atoms with van der Waals surface area (Å²) < 4.78 is 7.08. The summed E-state index contributed by atoms with van der Waals surface area (Å²) in [4.78, 5) is 41.2. The minimum Gasteiger partial charge on any atom is -0.462 e. The normalized spacial score (nSPS) is 10.8. The molecule has 0 aliphatic heterocycles. The fourth-order valence-electron chi connectivity index (χ4n) is 2.80. The number of rotatable bonds is 5. The first kappa shape index (κ1) is 20.7. The first-order chi connectivity index (χ1) is 14.9. The Balaban J connectivity index is 1.60. The zero-order valence-electron chi connectivity index (χ0n) is 16.2. The number of hydrogen-bond acceptors (Lipinski definition) is 7. The van der Waals surface area contributed by atoms with Crippen molar-refractivity contribution < 1.29 is 14.3 Å². The Kier molecular flexibility index (Phi) is 5.79. The van der Waals surface area contributed by atoms with Gasteiger partial charge < -0.3 is 4.74 Å². The number of benzene rings is 2. The second-order valence-corrected chi connectivity index (χ2v) is 7.80. The van der Waals surface area contributed by atoms with Gasteiger partial charge >= 0.3 is 5.97 Å². The van der Waals surface area contributed by atoms with E-state index < -0.39 is 17.3 Å². The van der Waals surface area contributed by atoms with Gasteiger partial charge in [0.25, 0.3) is 5.91 Å². The van der Waals surface area contributed by atoms with E-state index in [9.17, 15) is 14.4 Å². The van der Waals surface area contributed by atoms with Crippen LogP contribution in [0.1, 0.15) is 27.8 Å². The molecule has 0 saturated carbocycles. The Morgan fingerprint density at radius 3 is 2.81 bits per heavy atom. The van der Waals surface area contributed by atoms with Crippen LogP contribution in [0.5, 0.6) is 0 Å². The second kappa shape index (κ2) is 8.66. The van der Waals surface area contributed by atoms with E-state index in [1.807, 2.05) is 0 Å². The number of esters is 1. The van der Waals surface area contributed by atoms with Crippen LogP contribution in [0.25, 0.3) is 15.9 Å². The molecule has 0 bridgehead atoms. The van der Waals surface area contributed by atoms with Crippen molar-refractivity contribution in [3.8, 4) is 5.69 Å². The summed E-state index contributed by atoms with van der Waals surface area (Å²) in [6, 6.07) is 13.0. The van der Waals surface area contributed by atoms with Gasteiger partial charge in [0.15, 0.2) is 10.8 Å². The number of fused-ring (bicyclic) bond motifs is 1. The van der Waals surface area contributed by atoms with Crippen molar-refractivity contribution in [3.63, 3.8) is 0 Å². The van der Waals surface area contributed by atoms with Crippen LogP contribution >= 0.6 is 22.9 Å². The van der Waals surface area contributed by atoms with Crippen LogP contribution in [0.3, 0.4) is 0 Å². The van der Waals surface area contributed by atoms with Gasteiger partial charge in [-0.15, -0.1) is 0 Å². The molecule has 1 N–H and O–H groups in total. The highest BCUT2D eigenvalue weighted by molar-refractivity contribution is 7.22. The van der Waals surface area contributed by atoms with Gasteiger partial charge in [-0.25, -0.2) is 14.5 Å². The molecule has 0 aliphatic carbocycles. The number of nitrogens with one attached hydrogen (secondary N) is 1. The van der Waals surface area contributed by atoms with Crippen LogP contribution in [-0.2, 0) is 4.74 Å². The third kappa shape index (κ3) is 4.47. The summed E-state index contributed by atoms with van der Waals surface area (Å²) in [5, 5.41) is 7.52. The number of aromatic nitrogens is 3. The van der Waals surface area contributed by atoms with E-state index in [2.05, 4.69) is 15.4 Å². The van der Waals surface area contributed by atoms with E-state index in [4.69, 9.17) is 16.3 Å². The minimum atomic E-state index is -0.689. The maximum absolute atomic E-state index is 12.7. The average molecular weight is 455 g/mol. The zero-order chi connectivity index (χ0) is 22.0. The molecule has 2 aromatic carbocycles. The predicted molar refractivity (Wildman–Crippen MR) is 118 cm³/mol. The third-order valence-electron chi connectivity index (χ3n) is 4.22. The lowest BCUT2D eigenvalue weighted by molar-refractivity contribution is 0.0526. The molecule has 2 aromatic heterocycles. The molecule has 0 fully saturated rings. The van der Waals surface area contributed by atoms with Crippen molar-refractivity contribution >= 4 is 50.2 Å². The zero-order valence-corrected chi connectivity index (χ0v) is 17.7. The van der Waals surface area contributed by atoms with Gasteiger partial charge in [0.1, 0.15) is 0 Å². The average Bonchev–Trinajstić information content (AvgIpc) is 3.15. The Labute approximate surface area is 185 Å². The number of nitrogens with zero attached hydrogens (tertiary/aromatic N) is 3. The molecule has 10 heteroatoms. The van der Waals surface area contributed by atoms with Gasteiger partial charge in [0.05, 0.1) is 28.1 Å². The highest BCUT2D eigenvalue weighted by Crippen LogP contribution is 2.27. The number of ether oxygens (including phenoxy) is 1. The quantitative estimate of drug-likeness (QED) is 0.458. The summed E-state index contributed by atoms with van der Waals surface area (Å²) in [5.41, 5.74) is 0.791. The van der Waals surface area contributed by atoms with Crippen LogP contribution in [0.2, 0.25) is 5.02 Å². The van der Waals surface area contributed by atoms with E-state index >= 15 is 0 Å². The molecular weight excluding hydrogens is 440 g/mol. The number of carbonyl (C=O) groups excluding carboxylic acids is 2. The summed E-state index contributed by atoms with van der Waals surface area (Å²) >= 11 is 7.18. The Hall–Kier alpha value is -3.56. The van der Waals surface area contributed by atoms with Gasteiger partial charge in [0, 0.05) is 17.3 Å². The SMILES string of the molecule is CCOC(=O)c1ccc2nc(NC(=O)c3nn(-c4cccc(Cl)c4)ccc3=O)sc2c1. The largest absolute Gasteiger partial charge is 0.462 e. The molecule has 156 valence electrons. The van der Waals surface area contributed by atoms with Crippen LogP contribution in [0.4, 0.5) is 5.13 Å². The molecule has 4 rings (SSSR count). The molecule has 0 aliphatic rings. The highest BCUT2D eigenvalue weighted by Gasteiger charge is 2.17. The van der Waals surface area contributed by atoms with Crippen molar-refractivity contribution in [1.29, 1.82) is 0 Å². The Morgan fingerprint density at radius 2 is 2.03 bits per heavy atom. The van der Waals surface area contributed by atoms with Gasteiger partial charge in [-0.1, -0.05) is 29.0 Å². The molecule has 31 heavy (non-hydrogen) atoms. The summed E-state index contributed by atoms with van der Waals surface area (Å²) in [6.45, 7) is 2.01. The lowest BCUT2D eigenvalue weighted by atomic mass is 10.2. The van der Waals surface area contributed by atoms with Crippen LogP contribution in [0.15, 0.2) is 59.5 Å².